The molecule has 6 aromatic heterocycles. The summed E-state index contributed by atoms with van der Waals surface area (Å²) in [5.74, 6) is 7.69. The molecule has 10 heterocycles. The van der Waals surface area contributed by atoms with Crippen LogP contribution in [0.2, 0.25) is 0 Å². The van der Waals surface area contributed by atoms with Gasteiger partial charge in [-0.3, -0.25) is 0 Å². The maximum atomic E-state index is 5.81. The normalized spacial score (nSPS) is 12.7. The zero-order valence-corrected chi connectivity index (χ0v) is 63.6. The van der Waals surface area contributed by atoms with Crippen molar-refractivity contribution in [1.82, 2.24) is 39.9 Å². The number of hydrogen-bond acceptors (Lipinski definition) is 4. The second kappa shape index (κ2) is 26.3. The Balaban J connectivity index is 0.00000856. The monoisotopic (exact) mass is 1380 g/mol. The van der Waals surface area contributed by atoms with Crippen molar-refractivity contribution < 1.29 is 19.5 Å². The van der Waals surface area contributed by atoms with Crippen molar-refractivity contribution in [2.24, 2.45) is 0 Å². The summed E-state index contributed by atoms with van der Waals surface area (Å²) < 4.78 is 0. The van der Waals surface area contributed by atoms with E-state index < -0.39 is 0 Å². The Morgan fingerprint density at radius 1 is 0.252 bits per heavy atom. The van der Waals surface area contributed by atoms with E-state index in [2.05, 4.69) is 342 Å². The fourth-order valence-corrected chi connectivity index (χ4v) is 14.2. The van der Waals surface area contributed by atoms with Crippen LogP contribution in [0.1, 0.15) is 162 Å². The molecule has 0 aliphatic carbocycles. The standard InChI is InChI=1S/C94H80N8.Zn/c1-91(2,3)63-51-61(52-64(55-63)92(4,5)6)89-81-41-37-71(97-81)68(72-38-42-82(98-72)90(62-53-65(93(7,8)9)56-66(54-62)94(10,11)12)84-50-48-80(102-84)88(60-31-23-16-24-32-60)79-47-49-83(89)101-79)34-33-67-69-35-39-73(95-69)85(57-25-17-13-18-26-57)75-43-45-77(99-75)87(59-29-21-15-22-30-59)78-46-44-76(100-78)86(58-27-19-14-20-28-58)74-40-36-70(67)96-74;/h13-32,35-56,97,102H,1-12H3;/q-2;+2. The van der Waals surface area contributed by atoms with Gasteiger partial charge in [0.25, 0.3) is 0 Å². The van der Waals surface area contributed by atoms with Crippen molar-refractivity contribution in [2.45, 2.75) is 105 Å². The zero-order chi connectivity index (χ0) is 70.4. The van der Waals surface area contributed by atoms with Crippen molar-refractivity contribution in [1.29, 1.82) is 0 Å². The molecular weight excluding hydrogens is 1310 g/mol. The first-order valence-electron chi connectivity index (χ1n) is 35.3. The largest absolute Gasteiger partial charge is 2.00 e. The van der Waals surface area contributed by atoms with E-state index in [1.54, 1.807) is 0 Å². The van der Waals surface area contributed by atoms with Crippen molar-refractivity contribution in [3.8, 4) is 78.6 Å². The molecule has 0 unspecified atom stereocenters. The molecule has 0 radical (unpaired) electrons. The van der Waals surface area contributed by atoms with E-state index >= 15 is 0 Å². The third-order valence-corrected chi connectivity index (χ3v) is 19.8. The molecule has 0 spiro atoms. The van der Waals surface area contributed by atoms with Crippen LogP contribution in [0.5, 0.6) is 0 Å². The average Bonchev–Trinajstić information content (AvgIpc) is 1.68. The van der Waals surface area contributed by atoms with Crippen molar-refractivity contribution in [3.05, 3.63) is 285 Å². The summed E-state index contributed by atoms with van der Waals surface area (Å²) in [4.78, 5) is 41.9. The van der Waals surface area contributed by atoms with E-state index in [0.29, 0.717) is 28.0 Å². The smallest absolute Gasteiger partial charge is 0.657 e. The first-order chi connectivity index (χ1) is 49.0. The number of fused-ring (bicyclic) bond motifs is 16. The van der Waals surface area contributed by atoms with E-state index in [0.717, 1.165) is 140 Å². The fourth-order valence-electron chi connectivity index (χ4n) is 14.2. The minimum atomic E-state index is -0.158. The minimum Gasteiger partial charge on any atom is -0.657 e. The topological polar surface area (TPSA) is 111 Å². The van der Waals surface area contributed by atoms with E-state index in [1.807, 2.05) is 18.2 Å². The summed E-state index contributed by atoms with van der Waals surface area (Å²) >= 11 is 0. The Bertz CT molecular complexity index is 5780. The summed E-state index contributed by atoms with van der Waals surface area (Å²) in [7, 11) is 0. The molecule has 16 bridgehead atoms. The van der Waals surface area contributed by atoms with Gasteiger partial charge in [0.15, 0.2) is 0 Å². The molecule has 0 fully saturated rings. The van der Waals surface area contributed by atoms with Crippen LogP contribution < -0.4 is 9.97 Å². The fraction of sp³-hybridized carbons (Fsp3) is 0.170. The predicted octanol–water partition coefficient (Wildman–Crippen LogP) is 23.5. The summed E-state index contributed by atoms with van der Waals surface area (Å²) in [5, 5.41) is 0. The molecule has 0 atom stereocenters. The zero-order valence-electron chi connectivity index (χ0n) is 60.6. The van der Waals surface area contributed by atoms with Gasteiger partial charge in [0.1, 0.15) is 0 Å². The minimum absolute atomic E-state index is 0. The first-order valence-corrected chi connectivity index (χ1v) is 35.3. The van der Waals surface area contributed by atoms with Crippen LogP contribution in [-0.4, -0.2) is 29.9 Å². The summed E-state index contributed by atoms with van der Waals surface area (Å²) in [6.45, 7) is 27.5. The Labute approximate surface area is 616 Å². The molecule has 0 saturated carbocycles. The number of aromatic amines is 2. The molecule has 2 N–H and O–H groups in total. The molecule has 0 amide bonds. The van der Waals surface area contributed by atoms with Gasteiger partial charge in [-0.2, -0.15) is 0 Å². The molecule has 4 aliphatic rings. The molecule has 9 heteroatoms. The van der Waals surface area contributed by atoms with Gasteiger partial charge in [-0.25, -0.2) is 19.9 Å². The molecule has 4 aliphatic heterocycles. The van der Waals surface area contributed by atoms with E-state index in [-0.39, 0.29) is 41.1 Å². The van der Waals surface area contributed by atoms with Crippen molar-refractivity contribution >= 4 is 92.7 Å². The van der Waals surface area contributed by atoms with Crippen LogP contribution in [0.3, 0.4) is 0 Å². The van der Waals surface area contributed by atoms with Crippen molar-refractivity contribution in [2.75, 3.05) is 0 Å². The van der Waals surface area contributed by atoms with E-state index in [9.17, 15) is 0 Å². The van der Waals surface area contributed by atoms with Crippen LogP contribution in [0.15, 0.2) is 206 Å². The second-order valence-corrected chi connectivity index (χ2v) is 31.2. The first kappa shape index (κ1) is 67.5. The number of hydrogen-bond donors (Lipinski definition) is 2. The number of rotatable bonds is 6. The quantitative estimate of drug-likeness (QED) is 0.127. The Morgan fingerprint density at radius 3 is 0.854 bits per heavy atom. The molecular formula is C94H80N8Zn. The molecule has 16 rings (SSSR count). The predicted molar refractivity (Wildman–Crippen MR) is 429 cm³/mol. The Morgan fingerprint density at radius 2 is 0.505 bits per heavy atom. The summed E-state index contributed by atoms with van der Waals surface area (Å²) in [5.41, 5.74) is 30.3. The maximum absolute atomic E-state index is 5.81. The van der Waals surface area contributed by atoms with Gasteiger partial charge >= 0.3 is 19.5 Å². The van der Waals surface area contributed by atoms with Gasteiger partial charge < -0.3 is 19.9 Å². The van der Waals surface area contributed by atoms with Gasteiger partial charge in [0, 0.05) is 38.8 Å². The maximum Gasteiger partial charge on any atom is 2.00 e. The SMILES string of the molecule is CC(C)(C)c1cc(-c2c3nc(c(-c4ccccc4)c4ccc([nH]4)c(-c4cc(C(C)(C)C)cc(C(C)(C)C)c4)c4nc(c(C#Cc5c6nc(c(-c7ccccc7)c7ccc([n-]7)c(-c7ccccc7)c7nc(c(-c8ccccc8)c8ccc5[n-]8)C=C7)C=C6)c5ccc2[nH]5)C=C4)C=C3)cc(C(C)(C)C)c1.[Zn+2]. The molecule has 8 nitrogen and oxygen atoms in total. The summed E-state index contributed by atoms with van der Waals surface area (Å²) in [6, 6.07) is 73.3. The Kier molecular flexibility index (Phi) is 17.2. The molecule has 12 aromatic rings. The van der Waals surface area contributed by atoms with Crippen LogP contribution in [0, 0.1) is 11.8 Å². The number of H-pyrrole nitrogens is 2. The van der Waals surface area contributed by atoms with Gasteiger partial charge in [-0.05, 0) is 167 Å². The van der Waals surface area contributed by atoms with Crippen LogP contribution in [-0.2, 0) is 41.1 Å². The second-order valence-electron chi connectivity index (χ2n) is 31.2. The molecule has 498 valence electrons. The molecule has 103 heavy (non-hydrogen) atoms. The molecule has 6 aromatic carbocycles. The van der Waals surface area contributed by atoms with Crippen LogP contribution in [0.25, 0.3) is 160 Å². The van der Waals surface area contributed by atoms with Crippen LogP contribution in [0.4, 0.5) is 0 Å². The number of nitrogens with one attached hydrogen (secondary N) is 2. The van der Waals surface area contributed by atoms with E-state index in [1.165, 1.54) is 22.3 Å². The molecule has 0 saturated heterocycles. The van der Waals surface area contributed by atoms with Gasteiger partial charge in [-0.1, -0.05) is 277 Å². The number of nitrogens with zero attached hydrogens (tertiary/aromatic N) is 6. The van der Waals surface area contributed by atoms with Gasteiger partial charge in [0.2, 0.25) is 0 Å². The van der Waals surface area contributed by atoms with Gasteiger partial charge in [0.05, 0.1) is 56.6 Å². The van der Waals surface area contributed by atoms with Gasteiger partial charge in [-0.15, -0.1) is 22.1 Å². The van der Waals surface area contributed by atoms with Crippen LogP contribution >= 0.6 is 0 Å². The Hall–Kier alpha value is -11.3. The third-order valence-electron chi connectivity index (χ3n) is 19.8. The number of aromatic nitrogens is 8. The average molecular weight is 1390 g/mol. The number of benzene rings is 6. The summed E-state index contributed by atoms with van der Waals surface area (Å²) in [6.07, 6.45) is 17.0. The third kappa shape index (κ3) is 13.1. The van der Waals surface area contributed by atoms with E-state index in [4.69, 9.17) is 29.9 Å². The van der Waals surface area contributed by atoms with Crippen molar-refractivity contribution in [3.63, 3.8) is 0 Å².